The van der Waals surface area contributed by atoms with Crippen molar-refractivity contribution in [2.45, 2.75) is 46.5 Å². The van der Waals surface area contributed by atoms with E-state index in [1.807, 2.05) is 20.8 Å². The van der Waals surface area contributed by atoms with E-state index in [2.05, 4.69) is 6.92 Å². The first kappa shape index (κ1) is 13.5. The zero-order valence-corrected chi connectivity index (χ0v) is 10.8. The molecule has 0 aromatic heterocycles. The Labute approximate surface area is 97.2 Å². The highest BCUT2D eigenvalue weighted by Gasteiger charge is 2.37. The topological polar surface area (TPSA) is 44.8 Å². The fraction of sp³-hybridized carbons (Fsp3) is 0.917. The molecule has 0 aromatic rings. The molecule has 1 heterocycles. The van der Waals surface area contributed by atoms with Crippen molar-refractivity contribution in [2.75, 3.05) is 13.2 Å². The Bertz CT molecular complexity index is 249. The lowest BCUT2D eigenvalue weighted by Crippen LogP contribution is -2.48. The maximum atomic E-state index is 10.8. The highest BCUT2D eigenvalue weighted by molar-refractivity contribution is 5.65. The molecule has 1 saturated heterocycles. The van der Waals surface area contributed by atoms with E-state index < -0.39 is 5.79 Å². The van der Waals surface area contributed by atoms with Crippen LogP contribution in [0.15, 0.2) is 0 Å². The number of carbonyl (C=O) groups excluding carboxylic acids is 1. The first-order valence-electron chi connectivity index (χ1n) is 5.77. The minimum Gasteiger partial charge on any atom is -0.465 e. The van der Waals surface area contributed by atoms with Gasteiger partial charge in [0.25, 0.3) is 0 Å². The lowest BCUT2D eigenvalue weighted by molar-refractivity contribution is -0.300. The Morgan fingerprint density at radius 1 is 1.56 bits per heavy atom. The number of carbonyl (C=O) groups is 1. The van der Waals surface area contributed by atoms with Crippen LogP contribution in [0.3, 0.4) is 0 Å². The molecule has 4 nitrogen and oxygen atoms in total. The Morgan fingerprint density at radius 2 is 2.19 bits per heavy atom. The maximum Gasteiger partial charge on any atom is 0.302 e. The van der Waals surface area contributed by atoms with Crippen LogP contribution in [0.2, 0.25) is 0 Å². The number of rotatable bonds is 3. The zero-order chi connectivity index (χ0) is 12.3. The van der Waals surface area contributed by atoms with E-state index in [0.29, 0.717) is 19.1 Å². The van der Waals surface area contributed by atoms with Gasteiger partial charge in [0.05, 0.1) is 19.3 Å². The van der Waals surface area contributed by atoms with Gasteiger partial charge in [-0.2, -0.15) is 0 Å². The van der Waals surface area contributed by atoms with Crippen molar-refractivity contribution in [3.63, 3.8) is 0 Å². The third kappa shape index (κ3) is 3.76. The summed E-state index contributed by atoms with van der Waals surface area (Å²) < 4.78 is 16.4. The Kier molecular flexibility index (Phi) is 4.33. The SMILES string of the molecule is CC(=O)OC[C@@H](C)[C@@H]1OC(C)(C)OC[C@@H]1C. The summed E-state index contributed by atoms with van der Waals surface area (Å²) >= 11 is 0. The van der Waals surface area contributed by atoms with Crippen molar-refractivity contribution < 1.29 is 19.0 Å². The van der Waals surface area contributed by atoms with Crippen LogP contribution in [0.25, 0.3) is 0 Å². The molecule has 0 aromatic carbocycles. The van der Waals surface area contributed by atoms with Gasteiger partial charge in [0, 0.05) is 18.8 Å². The second-order valence-electron chi connectivity index (χ2n) is 5.05. The number of ether oxygens (including phenoxy) is 3. The second-order valence-corrected chi connectivity index (χ2v) is 5.05. The molecule has 1 aliphatic rings. The molecule has 0 bridgehead atoms. The largest absolute Gasteiger partial charge is 0.465 e. The Hall–Kier alpha value is -0.610. The monoisotopic (exact) mass is 230 g/mol. The lowest BCUT2D eigenvalue weighted by atomic mass is 9.93. The second kappa shape index (κ2) is 5.15. The van der Waals surface area contributed by atoms with E-state index >= 15 is 0 Å². The highest BCUT2D eigenvalue weighted by atomic mass is 16.7. The molecule has 0 aliphatic carbocycles. The maximum absolute atomic E-state index is 10.8. The Balaban J connectivity index is 2.52. The van der Waals surface area contributed by atoms with E-state index in [4.69, 9.17) is 14.2 Å². The fourth-order valence-corrected chi connectivity index (χ4v) is 1.93. The van der Waals surface area contributed by atoms with Gasteiger partial charge in [-0.05, 0) is 13.8 Å². The van der Waals surface area contributed by atoms with Gasteiger partial charge in [0.2, 0.25) is 0 Å². The third-order valence-corrected chi connectivity index (χ3v) is 2.78. The minimum atomic E-state index is -0.540. The van der Waals surface area contributed by atoms with Crippen molar-refractivity contribution in [1.29, 1.82) is 0 Å². The lowest BCUT2D eigenvalue weighted by Gasteiger charge is -2.42. The van der Waals surface area contributed by atoms with Crippen LogP contribution in [-0.2, 0) is 19.0 Å². The van der Waals surface area contributed by atoms with Crippen molar-refractivity contribution in [2.24, 2.45) is 11.8 Å². The van der Waals surface area contributed by atoms with E-state index in [1.165, 1.54) is 6.92 Å². The summed E-state index contributed by atoms with van der Waals surface area (Å²) in [6.07, 6.45) is 0.0723. The molecular formula is C12H22O4. The predicted octanol–water partition coefficient (Wildman–Crippen LogP) is 1.97. The van der Waals surface area contributed by atoms with Crippen molar-refractivity contribution >= 4 is 5.97 Å². The summed E-state index contributed by atoms with van der Waals surface area (Å²) in [5, 5.41) is 0. The van der Waals surface area contributed by atoms with Gasteiger partial charge < -0.3 is 14.2 Å². The van der Waals surface area contributed by atoms with Gasteiger partial charge in [0.15, 0.2) is 5.79 Å². The molecule has 94 valence electrons. The van der Waals surface area contributed by atoms with Gasteiger partial charge in [-0.25, -0.2) is 0 Å². The molecule has 0 saturated carbocycles. The molecule has 0 radical (unpaired) electrons. The number of hydrogen-bond acceptors (Lipinski definition) is 4. The molecule has 3 atom stereocenters. The van der Waals surface area contributed by atoms with Gasteiger partial charge >= 0.3 is 5.97 Å². The van der Waals surface area contributed by atoms with Crippen LogP contribution in [0, 0.1) is 11.8 Å². The van der Waals surface area contributed by atoms with E-state index in [-0.39, 0.29) is 18.0 Å². The molecule has 4 heteroatoms. The normalized spacial score (nSPS) is 30.8. The van der Waals surface area contributed by atoms with Crippen LogP contribution >= 0.6 is 0 Å². The summed E-state index contributed by atoms with van der Waals surface area (Å²) in [4.78, 5) is 10.8. The van der Waals surface area contributed by atoms with Crippen LogP contribution in [0.4, 0.5) is 0 Å². The molecule has 1 aliphatic heterocycles. The summed E-state index contributed by atoms with van der Waals surface area (Å²) in [5.74, 6) is -0.284. The molecule has 0 amide bonds. The molecule has 16 heavy (non-hydrogen) atoms. The standard InChI is InChI=1S/C12H22O4/c1-8(6-14-10(3)13)11-9(2)7-15-12(4,5)16-11/h8-9,11H,6-7H2,1-5H3/t8-,9+,11+/m1/s1. The average Bonchev–Trinajstić information content (AvgIpc) is 2.18. The molecule has 0 spiro atoms. The number of esters is 1. The summed E-state index contributed by atoms with van der Waals surface area (Å²) in [6, 6.07) is 0. The first-order chi connectivity index (χ1) is 7.32. The molecular weight excluding hydrogens is 208 g/mol. The molecule has 0 N–H and O–H groups in total. The van der Waals surface area contributed by atoms with Gasteiger partial charge in [-0.1, -0.05) is 13.8 Å². The molecule has 1 fully saturated rings. The van der Waals surface area contributed by atoms with Crippen LogP contribution in [-0.4, -0.2) is 31.1 Å². The summed E-state index contributed by atoms with van der Waals surface area (Å²) in [6.45, 7) is 10.4. The summed E-state index contributed by atoms with van der Waals surface area (Å²) in [7, 11) is 0. The minimum absolute atomic E-state index is 0.0723. The van der Waals surface area contributed by atoms with Crippen molar-refractivity contribution in [1.82, 2.24) is 0 Å². The van der Waals surface area contributed by atoms with Gasteiger partial charge in [-0.15, -0.1) is 0 Å². The number of hydrogen-bond donors (Lipinski definition) is 0. The average molecular weight is 230 g/mol. The van der Waals surface area contributed by atoms with Crippen LogP contribution < -0.4 is 0 Å². The van der Waals surface area contributed by atoms with Crippen molar-refractivity contribution in [3.8, 4) is 0 Å². The quantitative estimate of drug-likeness (QED) is 0.695. The first-order valence-corrected chi connectivity index (χ1v) is 5.77. The van der Waals surface area contributed by atoms with Gasteiger partial charge in [0.1, 0.15) is 0 Å². The van der Waals surface area contributed by atoms with Crippen LogP contribution in [0.1, 0.15) is 34.6 Å². The molecule has 0 unspecified atom stereocenters. The Morgan fingerprint density at radius 3 is 2.75 bits per heavy atom. The van der Waals surface area contributed by atoms with Gasteiger partial charge in [-0.3, -0.25) is 4.79 Å². The van der Waals surface area contributed by atoms with Crippen LogP contribution in [0.5, 0.6) is 0 Å². The third-order valence-electron chi connectivity index (χ3n) is 2.78. The fourth-order valence-electron chi connectivity index (χ4n) is 1.93. The zero-order valence-electron chi connectivity index (χ0n) is 10.8. The highest BCUT2D eigenvalue weighted by Crippen LogP contribution is 2.30. The smallest absolute Gasteiger partial charge is 0.302 e. The van der Waals surface area contributed by atoms with E-state index in [0.717, 1.165) is 0 Å². The summed E-state index contributed by atoms with van der Waals surface area (Å²) in [5.41, 5.74) is 0. The predicted molar refractivity (Wildman–Crippen MR) is 59.9 cm³/mol. The van der Waals surface area contributed by atoms with Crippen molar-refractivity contribution in [3.05, 3.63) is 0 Å². The molecule has 1 rings (SSSR count). The van der Waals surface area contributed by atoms with E-state index in [9.17, 15) is 4.79 Å². The van der Waals surface area contributed by atoms with E-state index in [1.54, 1.807) is 0 Å².